The first-order chi connectivity index (χ1) is 14.7. The molecular formula is C25H37N3O3. The van der Waals surface area contributed by atoms with Crippen molar-refractivity contribution in [3.63, 3.8) is 0 Å². The number of nitrogens with zero attached hydrogens (tertiary/aromatic N) is 3. The first-order valence-electron chi connectivity index (χ1n) is 11.7. The van der Waals surface area contributed by atoms with Crippen LogP contribution in [0.2, 0.25) is 0 Å². The van der Waals surface area contributed by atoms with E-state index in [2.05, 4.69) is 6.92 Å². The van der Waals surface area contributed by atoms with Gasteiger partial charge in [0, 0.05) is 49.7 Å². The van der Waals surface area contributed by atoms with Crippen LogP contribution in [0.5, 0.6) is 0 Å². The Hall–Kier alpha value is -2.37. The molecule has 0 bridgehead atoms. The first kappa shape index (κ1) is 23.3. The van der Waals surface area contributed by atoms with Gasteiger partial charge in [0.05, 0.1) is 5.92 Å². The number of unbranched alkanes of at least 4 members (excludes halogenated alkanes) is 1. The minimum atomic E-state index is -0.260. The molecule has 2 heterocycles. The molecule has 0 N–H and O–H groups in total. The molecule has 6 nitrogen and oxygen atoms in total. The SMILES string of the molecule is CCCCN(C(=O)C1CCN(C(=O)C2CC(=O)N(C(C)(C)C)C2)CC1)c1ccccc1. The number of hydrogen-bond acceptors (Lipinski definition) is 3. The fraction of sp³-hybridized carbons (Fsp3) is 0.640. The van der Waals surface area contributed by atoms with Gasteiger partial charge in [-0.25, -0.2) is 0 Å². The summed E-state index contributed by atoms with van der Waals surface area (Å²) in [6, 6.07) is 9.87. The van der Waals surface area contributed by atoms with Crippen LogP contribution < -0.4 is 4.90 Å². The molecule has 0 radical (unpaired) electrons. The van der Waals surface area contributed by atoms with Crippen molar-refractivity contribution in [1.82, 2.24) is 9.80 Å². The monoisotopic (exact) mass is 427 g/mol. The Balaban J connectivity index is 1.59. The Morgan fingerprint density at radius 3 is 2.26 bits per heavy atom. The summed E-state index contributed by atoms with van der Waals surface area (Å²) in [6.07, 6.45) is 3.67. The van der Waals surface area contributed by atoms with E-state index in [1.807, 2.05) is 65.8 Å². The van der Waals surface area contributed by atoms with Crippen LogP contribution in [0, 0.1) is 11.8 Å². The van der Waals surface area contributed by atoms with Gasteiger partial charge in [-0.1, -0.05) is 31.5 Å². The van der Waals surface area contributed by atoms with E-state index in [1.165, 1.54) is 0 Å². The van der Waals surface area contributed by atoms with Gasteiger partial charge in [0.1, 0.15) is 0 Å². The van der Waals surface area contributed by atoms with Crippen LogP contribution in [0.3, 0.4) is 0 Å². The van der Waals surface area contributed by atoms with Gasteiger partial charge in [0.2, 0.25) is 17.7 Å². The number of para-hydroxylation sites is 1. The maximum absolute atomic E-state index is 13.3. The lowest BCUT2D eigenvalue weighted by Crippen LogP contribution is -2.47. The van der Waals surface area contributed by atoms with Gasteiger partial charge in [-0.05, 0) is 52.2 Å². The highest BCUT2D eigenvalue weighted by Gasteiger charge is 2.41. The van der Waals surface area contributed by atoms with Crippen LogP contribution in [0.1, 0.15) is 59.8 Å². The molecular weight excluding hydrogens is 390 g/mol. The molecule has 0 aromatic heterocycles. The molecule has 1 atom stereocenters. The molecule has 2 fully saturated rings. The molecule has 2 aliphatic rings. The molecule has 0 saturated carbocycles. The maximum atomic E-state index is 13.3. The number of carbonyl (C=O) groups excluding carboxylic acids is 3. The molecule has 2 saturated heterocycles. The van der Waals surface area contributed by atoms with E-state index in [1.54, 1.807) is 0 Å². The third-order valence-corrected chi connectivity index (χ3v) is 6.51. The molecule has 170 valence electrons. The van der Waals surface area contributed by atoms with E-state index in [4.69, 9.17) is 0 Å². The van der Waals surface area contributed by atoms with Crippen molar-refractivity contribution in [1.29, 1.82) is 0 Å². The summed E-state index contributed by atoms with van der Waals surface area (Å²) >= 11 is 0. The molecule has 1 aromatic carbocycles. The van der Waals surface area contributed by atoms with Crippen molar-refractivity contribution in [2.45, 2.75) is 65.3 Å². The maximum Gasteiger partial charge on any atom is 0.230 e. The first-order valence-corrected chi connectivity index (χ1v) is 11.7. The Morgan fingerprint density at radius 2 is 1.71 bits per heavy atom. The van der Waals surface area contributed by atoms with Crippen LogP contribution in [-0.2, 0) is 14.4 Å². The summed E-state index contributed by atoms with van der Waals surface area (Å²) in [7, 11) is 0. The number of amides is 3. The van der Waals surface area contributed by atoms with Gasteiger partial charge >= 0.3 is 0 Å². The zero-order valence-electron chi connectivity index (χ0n) is 19.5. The Morgan fingerprint density at radius 1 is 1.06 bits per heavy atom. The van der Waals surface area contributed by atoms with Crippen molar-refractivity contribution in [2.24, 2.45) is 11.8 Å². The number of carbonyl (C=O) groups is 3. The van der Waals surface area contributed by atoms with E-state index >= 15 is 0 Å². The number of rotatable bonds is 6. The average Bonchev–Trinajstić information content (AvgIpc) is 3.16. The van der Waals surface area contributed by atoms with Gasteiger partial charge in [-0.15, -0.1) is 0 Å². The van der Waals surface area contributed by atoms with E-state index in [0.717, 1.165) is 25.1 Å². The number of likely N-dealkylation sites (tertiary alicyclic amines) is 2. The number of piperidine rings is 1. The fourth-order valence-corrected chi connectivity index (χ4v) is 4.64. The lowest BCUT2D eigenvalue weighted by Gasteiger charge is -2.36. The summed E-state index contributed by atoms with van der Waals surface area (Å²) in [4.78, 5) is 44.3. The fourth-order valence-electron chi connectivity index (χ4n) is 4.64. The van der Waals surface area contributed by atoms with Crippen molar-refractivity contribution >= 4 is 23.4 Å². The van der Waals surface area contributed by atoms with Gasteiger partial charge in [-0.2, -0.15) is 0 Å². The summed E-state index contributed by atoms with van der Waals surface area (Å²) in [6.45, 7) is 10.6. The van der Waals surface area contributed by atoms with Crippen molar-refractivity contribution in [3.8, 4) is 0 Å². The van der Waals surface area contributed by atoms with Crippen LogP contribution in [-0.4, -0.2) is 59.2 Å². The predicted molar refractivity (Wildman–Crippen MR) is 123 cm³/mol. The van der Waals surface area contributed by atoms with Crippen molar-refractivity contribution in [3.05, 3.63) is 30.3 Å². The van der Waals surface area contributed by atoms with Crippen LogP contribution in [0.15, 0.2) is 30.3 Å². The third-order valence-electron chi connectivity index (χ3n) is 6.51. The molecule has 6 heteroatoms. The molecule has 2 aliphatic heterocycles. The average molecular weight is 428 g/mol. The molecule has 3 amide bonds. The molecule has 31 heavy (non-hydrogen) atoms. The Labute approximate surface area is 186 Å². The second-order valence-corrected chi connectivity index (χ2v) is 9.85. The lowest BCUT2D eigenvalue weighted by molar-refractivity contribution is -0.138. The van der Waals surface area contributed by atoms with Crippen LogP contribution >= 0.6 is 0 Å². The topological polar surface area (TPSA) is 60.9 Å². The lowest BCUT2D eigenvalue weighted by atomic mass is 9.93. The number of benzene rings is 1. The second-order valence-electron chi connectivity index (χ2n) is 9.85. The largest absolute Gasteiger partial charge is 0.342 e. The summed E-state index contributed by atoms with van der Waals surface area (Å²) in [5.74, 6) is -0.0225. The van der Waals surface area contributed by atoms with Gasteiger partial charge in [-0.3, -0.25) is 14.4 Å². The normalized spacial score (nSPS) is 20.3. The molecule has 3 rings (SSSR count). The van der Waals surface area contributed by atoms with Gasteiger partial charge in [0.15, 0.2) is 0 Å². The number of hydrogen-bond donors (Lipinski definition) is 0. The van der Waals surface area contributed by atoms with E-state index in [9.17, 15) is 14.4 Å². The van der Waals surface area contributed by atoms with Crippen LogP contribution in [0.25, 0.3) is 0 Å². The molecule has 1 aromatic rings. The highest BCUT2D eigenvalue weighted by Crippen LogP contribution is 2.29. The Bertz CT molecular complexity index is 779. The van der Waals surface area contributed by atoms with E-state index < -0.39 is 0 Å². The standard InChI is InChI=1S/C25H37N3O3/c1-5-6-14-27(21-10-8-7-9-11-21)24(31)19-12-15-26(16-13-19)23(30)20-17-22(29)28(18-20)25(2,3)4/h7-11,19-20H,5-6,12-18H2,1-4H3. The van der Waals surface area contributed by atoms with Gasteiger partial charge in [0.25, 0.3) is 0 Å². The van der Waals surface area contributed by atoms with Crippen molar-refractivity contribution < 1.29 is 14.4 Å². The molecule has 1 unspecified atom stereocenters. The molecule has 0 aliphatic carbocycles. The zero-order chi connectivity index (χ0) is 22.6. The summed E-state index contributed by atoms with van der Waals surface area (Å²) < 4.78 is 0. The summed E-state index contributed by atoms with van der Waals surface area (Å²) in [5, 5.41) is 0. The van der Waals surface area contributed by atoms with Gasteiger partial charge < -0.3 is 14.7 Å². The zero-order valence-corrected chi connectivity index (χ0v) is 19.5. The van der Waals surface area contributed by atoms with E-state index in [0.29, 0.717) is 38.9 Å². The van der Waals surface area contributed by atoms with Crippen molar-refractivity contribution in [2.75, 3.05) is 31.1 Å². The second kappa shape index (κ2) is 9.84. The quantitative estimate of drug-likeness (QED) is 0.695. The number of anilines is 1. The summed E-state index contributed by atoms with van der Waals surface area (Å²) in [5.41, 5.74) is 0.691. The van der Waals surface area contributed by atoms with E-state index in [-0.39, 0.29) is 35.1 Å². The minimum absolute atomic E-state index is 0.0580. The Kier molecular flexibility index (Phi) is 7.39. The third kappa shape index (κ3) is 5.46. The highest BCUT2D eigenvalue weighted by molar-refractivity contribution is 5.95. The minimum Gasteiger partial charge on any atom is -0.342 e. The molecule has 0 spiro atoms. The predicted octanol–water partition coefficient (Wildman–Crippen LogP) is 3.71. The van der Waals surface area contributed by atoms with Crippen LogP contribution in [0.4, 0.5) is 5.69 Å². The smallest absolute Gasteiger partial charge is 0.230 e. The highest BCUT2D eigenvalue weighted by atomic mass is 16.2.